The van der Waals surface area contributed by atoms with Gasteiger partial charge < -0.3 is 9.73 Å². The van der Waals surface area contributed by atoms with E-state index >= 15 is 0 Å². The highest BCUT2D eigenvalue weighted by Gasteiger charge is 2.25. The summed E-state index contributed by atoms with van der Waals surface area (Å²) in [5, 5.41) is 10.5. The lowest BCUT2D eigenvalue weighted by molar-refractivity contribution is 0.668. The molecule has 2 heterocycles. The lowest BCUT2D eigenvalue weighted by Crippen LogP contribution is -2.33. The first-order chi connectivity index (χ1) is 25.3. The molecule has 1 unspecified atom stereocenters. The van der Waals surface area contributed by atoms with Crippen LogP contribution in [0.25, 0.3) is 65.7 Å². The van der Waals surface area contributed by atoms with Crippen molar-refractivity contribution in [3.8, 4) is 22.3 Å². The van der Waals surface area contributed by atoms with Crippen LogP contribution in [0.3, 0.4) is 0 Å². The Kier molecular flexibility index (Phi) is 6.85. The van der Waals surface area contributed by atoms with E-state index in [0.717, 1.165) is 55.6 Å². The van der Waals surface area contributed by atoms with Crippen molar-refractivity contribution in [1.29, 1.82) is 0 Å². The maximum atomic E-state index is 6.48. The molecular weight excluding hydrogens is 623 g/mol. The van der Waals surface area contributed by atoms with E-state index in [2.05, 4.69) is 151 Å². The van der Waals surface area contributed by atoms with Crippen LogP contribution in [0, 0.1) is 0 Å². The first kappa shape index (κ1) is 29.2. The molecule has 1 atom stereocenters. The van der Waals surface area contributed by atoms with Crippen LogP contribution in [0.2, 0.25) is 0 Å². The maximum Gasteiger partial charge on any atom is 0.160 e. The molecule has 1 aromatic heterocycles. The van der Waals surface area contributed by atoms with E-state index in [1.165, 1.54) is 32.7 Å². The molecule has 0 spiro atoms. The quantitative estimate of drug-likeness (QED) is 0.188. The topological polar surface area (TPSA) is 49.9 Å². The molecule has 51 heavy (non-hydrogen) atoms. The van der Waals surface area contributed by atoms with Crippen molar-refractivity contribution < 1.29 is 4.42 Å². The molecule has 0 radical (unpaired) electrons. The Morgan fingerprint density at radius 1 is 0.451 bits per heavy atom. The highest BCUT2D eigenvalue weighted by atomic mass is 16.3. The van der Waals surface area contributed by atoms with E-state index in [4.69, 9.17) is 14.4 Å². The molecular formula is C47H31N3O. The molecule has 1 aliphatic heterocycles. The summed E-state index contributed by atoms with van der Waals surface area (Å²) in [4.78, 5) is 10.6. The number of hydrogen-bond acceptors (Lipinski definition) is 4. The average Bonchev–Trinajstić information content (AvgIpc) is 3.59. The summed E-state index contributed by atoms with van der Waals surface area (Å²) >= 11 is 0. The van der Waals surface area contributed by atoms with Gasteiger partial charge in [0.15, 0.2) is 5.84 Å². The van der Waals surface area contributed by atoms with Gasteiger partial charge in [-0.05, 0) is 74.1 Å². The van der Waals surface area contributed by atoms with E-state index in [9.17, 15) is 0 Å². The lowest BCUT2D eigenvalue weighted by atomic mass is 9.95. The van der Waals surface area contributed by atoms with Crippen molar-refractivity contribution in [2.75, 3.05) is 0 Å². The highest BCUT2D eigenvalue weighted by molar-refractivity contribution is 6.22. The molecule has 0 saturated carbocycles. The normalized spacial score (nSPS) is 14.5. The number of hydrogen-bond donors (Lipinski definition) is 1. The molecule has 0 amide bonds. The monoisotopic (exact) mass is 653 g/mol. The van der Waals surface area contributed by atoms with Crippen molar-refractivity contribution in [2.45, 2.75) is 6.17 Å². The predicted molar refractivity (Wildman–Crippen MR) is 211 cm³/mol. The smallest absolute Gasteiger partial charge is 0.160 e. The second-order valence-electron chi connectivity index (χ2n) is 13.0. The number of furan rings is 1. The minimum Gasteiger partial charge on any atom is -0.456 e. The summed E-state index contributed by atoms with van der Waals surface area (Å²) in [6.07, 6.45) is -0.369. The first-order valence-electron chi connectivity index (χ1n) is 17.3. The van der Waals surface area contributed by atoms with E-state index < -0.39 is 0 Å². The van der Waals surface area contributed by atoms with E-state index in [-0.39, 0.29) is 6.17 Å². The zero-order valence-electron chi connectivity index (χ0n) is 27.6. The van der Waals surface area contributed by atoms with Crippen molar-refractivity contribution in [3.63, 3.8) is 0 Å². The minimum atomic E-state index is -0.369. The summed E-state index contributed by atoms with van der Waals surface area (Å²) < 4.78 is 6.48. The van der Waals surface area contributed by atoms with Crippen molar-refractivity contribution in [3.05, 3.63) is 193 Å². The molecule has 0 aliphatic carbocycles. The fourth-order valence-electron chi connectivity index (χ4n) is 7.48. The van der Waals surface area contributed by atoms with Gasteiger partial charge in [0.1, 0.15) is 23.2 Å². The Labute approximate surface area is 295 Å². The molecule has 240 valence electrons. The molecule has 0 bridgehead atoms. The summed E-state index contributed by atoms with van der Waals surface area (Å²) in [7, 11) is 0. The number of benzene rings is 8. The highest BCUT2D eigenvalue weighted by Crippen LogP contribution is 2.38. The molecule has 0 fully saturated rings. The van der Waals surface area contributed by atoms with Crippen LogP contribution in [0.5, 0.6) is 0 Å². The Morgan fingerprint density at radius 3 is 1.92 bits per heavy atom. The molecule has 1 aliphatic rings. The predicted octanol–water partition coefficient (Wildman–Crippen LogP) is 11.7. The Bertz CT molecular complexity index is 2830. The molecule has 1 N–H and O–H groups in total. The van der Waals surface area contributed by atoms with Crippen LogP contribution in [0.1, 0.15) is 22.9 Å². The van der Waals surface area contributed by atoms with Gasteiger partial charge >= 0.3 is 0 Å². The Morgan fingerprint density at radius 2 is 1.10 bits per heavy atom. The van der Waals surface area contributed by atoms with Crippen LogP contribution in [-0.2, 0) is 0 Å². The van der Waals surface area contributed by atoms with Crippen molar-refractivity contribution in [1.82, 2.24) is 5.32 Å². The number of fused-ring (bicyclic) bond motifs is 6. The van der Waals surface area contributed by atoms with E-state index in [1.807, 2.05) is 30.3 Å². The molecule has 8 aromatic carbocycles. The lowest BCUT2D eigenvalue weighted by Gasteiger charge is -2.25. The zero-order chi connectivity index (χ0) is 33.7. The standard InChI is InChI=1S/C47H31N3O/c1-3-13-30(14-4-1)32-18-11-19-33(27-32)34-25-26-42-41(28-34)44-39(23-12-24-43(44)51-42)46-48-45(31-15-5-2-6-16-31)49-47(50-46)40-29-35-17-7-8-20-36(35)37-21-9-10-22-38(37)40/h1-29,47H,(H,48,49,50). The third-order valence-electron chi connectivity index (χ3n) is 9.92. The maximum absolute atomic E-state index is 6.48. The Balaban J connectivity index is 1.16. The van der Waals surface area contributed by atoms with Crippen LogP contribution >= 0.6 is 0 Å². The van der Waals surface area contributed by atoms with Gasteiger partial charge in [-0.25, -0.2) is 9.98 Å². The summed E-state index contributed by atoms with van der Waals surface area (Å²) in [5.74, 6) is 1.45. The van der Waals surface area contributed by atoms with Gasteiger partial charge in [0.05, 0.1) is 0 Å². The van der Waals surface area contributed by atoms with Gasteiger partial charge in [-0.15, -0.1) is 0 Å². The summed E-state index contributed by atoms with van der Waals surface area (Å²) in [5.41, 5.74) is 9.34. The minimum absolute atomic E-state index is 0.369. The van der Waals surface area contributed by atoms with E-state index in [0.29, 0.717) is 5.84 Å². The van der Waals surface area contributed by atoms with Crippen LogP contribution in [-0.4, -0.2) is 11.7 Å². The van der Waals surface area contributed by atoms with Gasteiger partial charge in [-0.1, -0.05) is 146 Å². The molecule has 0 saturated heterocycles. The van der Waals surface area contributed by atoms with Crippen molar-refractivity contribution in [2.24, 2.45) is 9.98 Å². The fraction of sp³-hybridized carbons (Fsp3) is 0.0213. The third-order valence-corrected chi connectivity index (χ3v) is 9.92. The number of nitrogens with zero attached hydrogens (tertiary/aromatic N) is 2. The third kappa shape index (κ3) is 5.08. The second-order valence-corrected chi connectivity index (χ2v) is 13.0. The van der Waals surface area contributed by atoms with E-state index in [1.54, 1.807) is 0 Å². The van der Waals surface area contributed by atoms with Gasteiger partial charge in [-0.2, -0.15) is 0 Å². The summed E-state index contributed by atoms with van der Waals surface area (Å²) in [6, 6.07) is 61.6. The van der Waals surface area contributed by atoms with Gasteiger partial charge in [0.2, 0.25) is 0 Å². The molecule has 10 rings (SSSR count). The van der Waals surface area contributed by atoms with Crippen molar-refractivity contribution >= 4 is 55.2 Å². The zero-order valence-corrected chi connectivity index (χ0v) is 27.6. The Hall–Kier alpha value is -6.78. The largest absolute Gasteiger partial charge is 0.456 e. The SMILES string of the molecule is c1ccc(C2=NC(c3cccc4oc5ccc(-c6cccc(-c7ccccc7)c6)cc5c34)=NC(c3cc4ccccc4c4ccccc34)N2)cc1. The van der Waals surface area contributed by atoms with Crippen LogP contribution < -0.4 is 5.32 Å². The average molecular weight is 654 g/mol. The number of rotatable bonds is 5. The number of aliphatic imine (C=N–C) groups is 2. The van der Waals surface area contributed by atoms with Gasteiger partial charge in [-0.3, -0.25) is 0 Å². The fourth-order valence-corrected chi connectivity index (χ4v) is 7.48. The van der Waals surface area contributed by atoms with Gasteiger partial charge in [0.25, 0.3) is 0 Å². The molecule has 4 nitrogen and oxygen atoms in total. The molecule has 9 aromatic rings. The van der Waals surface area contributed by atoms with Crippen LogP contribution in [0.4, 0.5) is 0 Å². The number of amidine groups is 2. The first-order valence-corrected chi connectivity index (χ1v) is 17.3. The van der Waals surface area contributed by atoms with Gasteiger partial charge in [0, 0.05) is 27.5 Å². The second kappa shape index (κ2) is 12.0. The summed E-state index contributed by atoms with van der Waals surface area (Å²) in [6.45, 7) is 0. The molecule has 4 heteroatoms. The van der Waals surface area contributed by atoms with Crippen LogP contribution in [0.15, 0.2) is 190 Å². The number of nitrogens with one attached hydrogen (secondary N) is 1.